The van der Waals surface area contributed by atoms with Gasteiger partial charge < -0.3 is 5.32 Å². The molecule has 2 aliphatic rings. The first-order valence-electron chi connectivity index (χ1n) is 9.56. The van der Waals surface area contributed by atoms with Gasteiger partial charge in [0.05, 0.1) is 0 Å². The van der Waals surface area contributed by atoms with E-state index in [1.165, 1.54) is 77.0 Å². The van der Waals surface area contributed by atoms with Crippen LogP contribution in [-0.2, 0) is 0 Å². The highest BCUT2D eigenvalue weighted by atomic mass is 14.9. The summed E-state index contributed by atoms with van der Waals surface area (Å²) in [5.41, 5.74) is 0. The van der Waals surface area contributed by atoms with E-state index in [1.807, 2.05) is 0 Å². The summed E-state index contributed by atoms with van der Waals surface area (Å²) in [5.74, 6) is 3.04. The maximum atomic E-state index is 3.84. The smallest absolute Gasteiger partial charge is 0.00954 e. The molecule has 0 spiro atoms. The molecule has 0 amide bonds. The Morgan fingerprint density at radius 2 is 1.65 bits per heavy atom. The Morgan fingerprint density at radius 1 is 0.900 bits per heavy atom. The van der Waals surface area contributed by atoms with E-state index >= 15 is 0 Å². The molecule has 0 saturated heterocycles. The lowest BCUT2D eigenvalue weighted by atomic mass is 9.74. The number of hydrogen-bond acceptors (Lipinski definition) is 1. The van der Waals surface area contributed by atoms with Crippen molar-refractivity contribution < 1.29 is 0 Å². The van der Waals surface area contributed by atoms with E-state index in [1.54, 1.807) is 0 Å². The van der Waals surface area contributed by atoms with E-state index in [9.17, 15) is 0 Å². The zero-order chi connectivity index (χ0) is 14.2. The summed E-state index contributed by atoms with van der Waals surface area (Å²) < 4.78 is 0. The first-order chi connectivity index (χ1) is 9.83. The van der Waals surface area contributed by atoms with Gasteiger partial charge in [0.1, 0.15) is 0 Å². The topological polar surface area (TPSA) is 12.0 Å². The van der Waals surface area contributed by atoms with Crippen LogP contribution in [0.3, 0.4) is 0 Å². The van der Waals surface area contributed by atoms with Crippen molar-refractivity contribution in [2.45, 2.75) is 96.9 Å². The quantitative estimate of drug-likeness (QED) is 0.645. The molecule has 0 aromatic carbocycles. The van der Waals surface area contributed by atoms with Crippen LogP contribution in [0.4, 0.5) is 0 Å². The normalized spacial score (nSPS) is 30.3. The molecule has 2 aliphatic carbocycles. The third-order valence-electron chi connectivity index (χ3n) is 6.05. The van der Waals surface area contributed by atoms with E-state index in [4.69, 9.17) is 0 Å². The number of nitrogens with one attached hydrogen (secondary N) is 1. The second kappa shape index (κ2) is 9.07. The summed E-state index contributed by atoms with van der Waals surface area (Å²) in [4.78, 5) is 0. The summed E-state index contributed by atoms with van der Waals surface area (Å²) in [6.07, 6.45) is 17.8. The Bertz CT molecular complexity index is 244. The molecular weight excluding hydrogens is 242 g/mol. The lowest BCUT2D eigenvalue weighted by molar-refractivity contribution is 0.192. The van der Waals surface area contributed by atoms with E-state index in [2.05, 4.69) is 19.2 Å². The van der Waals surface area contributed by atoms with Gasteiger partial charge in [-0.05, 0) is 50.0 Å². The molecule has 2 fully saturated rings. The molecule has 2 rings (SSSR count). The van der Waals surface area contributed by atoms with E-state index in [0.29, 0.717) is 0 Å². The van der Waals surface area contributed by atoms with Gasteiger partial charge in [0.2, 0.25) is 0 Å². The lowest BCUT2D eigenvalue weighted by Crippen LogP contribution is -2.39. The van der Waals surface area contributed by atoms with Gasteiger partial charge in [0.25, 0.3) is 0 Å². The van der Waals surface area contributed by atoms with Gasteiger partial charge >= 0.3 is 0 Å². The van der Waals surface area contributed by atoms with Gasteiger partial charge in [-0.1, -0.05) is 65.2 Å². The van der Waals surface area contributed by atoms with Crippen molar-refractivity contribution in [1.82, 2.24) is 5.32 Å². The Labute approximate surface area is 127 Å². The minimum absolute atomic E-state index is 0.816. The molecular formula is C19H37N. The third-order valence-corrected chi connectivity index (χ3v) is 6.05. The van der Waals surface area contributed by atoms with Crippen molar-refractivity contribution >= 4 is 0 Å². The maximum absolute atomic E-state index is 3.84. The van der Waals surface area contributed by atoms with E-state index in [-0.39, 0.29) is 0 Å². The molecule has 1 N–H and O–H groups in total. The van der Waals surface area contributed by atoms with Crippen LogP contribution in [-0.4, -0.2) is 12.6 Å². The SMILES string of the molecule is CCNC(CCC1CCCCC1)C1CCCC(CC)C1. The van der Waals surface area contributed by atoms with Crippen LogP contribution in [0.25, 0.3) is 0 Å². The van der Waals surface area contributed by atoms with Crippen LogP contribution in [0.1, 0.15) is 90.9 Å². The number of hydrogen-bond donors (Lipinski definition) is 1. The predicted molar refractivity (Wildman–Crippen MR) is 89.0 cm³/mol. The predicted octanol–water partition coefficient (Wildman–Crippen LogP) is 5.54. The average Bonchev–Trinajstić information content (AvgIpc) is 2.52. The Hall–Kier alpha value is -0.0400. The fourth-order valence-electron chi connectivity index (χ4n) is 4.73. The second-order valence-corrected chi connectivity index (χ2v) is 7.45. The molecule has 0 bridgehead atoms. The summed E-state index contributed by atoms with van der Waals surface area (Å²) in [6, 6.07) is 0.816. The molecule has 1 nitrogen and oxygen atoms in total. The molecule has 0 aromatic rings. The minimum atomic E-state index is 0.816. The molecule has 3 atom stereocenters. The van der Waals surface area contributed by atoms with Gasteiger partial charge in [-0.15, -0.1) is 0 Å². The summed E-state index contributed by atoms with van der Waals surface area (Å²) in [5, 5.41) is 3.84. The molecule has 2 saturated carbocycles. The minimum Gasteiger partial charge on any atom is -0.314 e. The highest BCUT2D eigenvalue weighted by molar-refractivity contribution is 4.83. The van der Waals surface area contributed by atoms with Crippen LogP contribution < -0.4 is 5.32 Å². The highest BCUT2D eigenvalue weighted by Gasteiger charge is 2.27. The van der Waals surface area contributed by atoms with Crippen molar-refractivity contribution in [3.63, 3.8) is 0 Å². The molecule has 20 heavy (non-hydrogen) atoms. The molecule has 0 radical (unpaired) electrons. The first kappa shape index (κ1) is 16.3. The Kier molecular flexibility index (Phi) is 7.41. The van der Waals surface area contributed by atoms with E-state index < -0.39 is 0 Å². The lowest BCUT2D eigenvalue weighted by Gasteiger charge is -2.35. The van der Waals surface area contributed by atoms with Crippen molar-refractivity contribution in [3.05, 3.63) is 0 Å². The van der Waals surface area contributed by atoms with E-state index in [0.717, 1.165) is 30.3 Å². The molecule has 3 unspecified atom stereocenters. The third kappa shape index (κ3) is 5.06. The monoisotopic (exact) mass is 279 g/mol. The summed E-state index contributed by atoms with van der Waals surface area (Å²) in [7, 11) is 0. The fourth-order valence-corrected chi connectivity index (χ4v) is 4.73. The van der Waals surface area contributed by atoms with Crippen LogP contribution >= 0.6 is 0 Å². The molecule has 0 aromatic heterocycles. The zero-order valence-corrected chi connectivity index (χ0v) is 14.0. The van der Waals surface area contributed by atoms with Crippen LogP contribution in [0.15, 0.2) is 0 Å². The molecule has 118 valence electrons. The second-order valence-electron chi connectivity index (χ2n) is 7.45. The van der Waals surface area contributed by atoms with Crippen molar-refractivity contribution in [3.8, 4) is 0 Å². The summed E-state index contributed by atoms with van der Waals surface area (Å²) >= 11 is 0. The summed E-state index contributed by atoms with van der Waals surface area (Å²) in [6.45, 7) is 5.83. The Morgan fingerprint density at radius 3 is 2.35 bits per heavy atom. The van der Waals surface area contributed by atoms with Gasteiger partial charge in [0.15, 0.2) is 0 Å². The molecule has 0 heterocycles. The van der Waals surface area contributed by atoms with Gasteiger partial charge in [-0.3, -0.25) is 0 Å². The fraction of sp³-hybridized carbons (Fsp3) is 1.00. The van der Waals surface area contributed by atoms with Crippen LogP contribution in [0, 0.1) is 17.8 Å². The maximum Gasteiger partial charge on any atom is 0.00954 e. The standard InChI is InChI=1S/C19H37N/c1-3-16-11-8-12-18(15-16)19(20-4-2)14-13-17-9-6-5-7-10-17/h16-20H,3-15H2,1-2H3. The van der Waals surface area contributed by atoms with Crippen LogP contribution in [0.2, 0.25) is 0 Å². The van der Waals surface area contributed by atoms with Gasteiger partial charge in [0, 0.05) is 6.04 Å². The molecule has 1 heteroatoms. The van der Waals surface area contributed by atoms with Gasteiger partial charge in [-0.2, -0.15) is 0 Å². The van der Waals surface area contributed by atoms with Crippen molar-refractivity contribution in [2.24, 2.45) is 17.8 Å². The zero-order valence-electron chi connectivity index (χ0n) is 14.0. The number of rotatable bonds is 7. The van der Waals surface area contributed by atoms with Crippen LogP contribution in [0.5, 0.6) is 0 Å². The molecule has 0 aliphatic heterocycles. The van der Waals surface area contributed by atoms with Crippen molar-refractivity contribution in [2.75, 3.05) is 6.54 Å². The van der Waals surface area contributed by atoms with Crippen molar-refractivity contribution in [1.29, 1.82) is 0 Å². The highest BCUT2D eigenvalue weighted by Crippen LogP contribution is 2.35. The largest absolute Gasteiger partial charge is 0.314 e. The first-order valence-corrected chi connectivity index (χ1v) is 9.56. The average molecular weight is 280 g/mol. The van der Waals surface area contributed by atoms with Gasteiger partial charge in [-0.25, -0.2) is 0 Å². The Balaban J connectivity index is 1.79.